The van der Waals surface area contributed by atoms with Crippen molar-refractivity contribution < 1.29 is 33.0 Å². The van der Waals surface area contributed by atoms with E-state index in [1.54, 1.807) is 30.9 Å². The van der Waals surface area contributed by atoms with Crippen molar-refractivity contribution in [3.05, 3.63) is 46.0 Å². The van der Waals surface area contributed by atoms with Crippen LogP contribution in [0.3, 0.4) is 0 Å². The summed E-state index contributed by atoms with van der Waals surface area (Å²) in [5.41, 5.74) is 1.59. The lowest BCUT2D eigenvalue weighted by Gasteiger charge is -2.26. The predicted molar refractivity (Wildman–Crippen MR) is 127 cm³/mol. The Labute approximate surface area is 200 Å². The second-order valence-electron chi connectivity index (χ2n) is 7.47. The molecule has 0 spiro atoms. The molecule has 1 aliphatic rings. The Morgan fingerprint density at radius 1 is 1.12 bits per heavy atom. The van der Waals surface area contributed by atoms with Crippen molar-refractivity contribution >= 4 is 45.3 Å². The molecule has 0 bridgehead atoms. The van der Waals surface area contributed by atoms with Gasteiger partial charge in [-0.15, -0.1) is 11.3 Å². The number of rotatable bonds is 7. The van der Waals surface area contributed by atoms with Gasteiger partial charge >= 0.3 is 12.1 Å². The predicted octanol–water partition coefficient (Wildman–Crippen LogP) is 4.84. The van der Waals surface area contributed by atoms with E-state index in [1.165, 1.54) is 11.3 Å². The summed E-state index contributed by atoms with van der Waals surface area (Å²) in [5.74, 6) is -0.360. The van der Waals surface area contributed by atoms with E-state index in [-0.39, 0.29) is 19.0 Å². The van der Waals surface area contributed by atoms with Crippen molar-refractivity contribution in [2.24, 2.45) is 0 Å². The lowest BCUT2D eigenvalue weighted by atomic mass is 10.0. The largest absolute Gasteiger partial charge is 0.490 e. The van der Waals surface area contributed by atoms with Crippen LogP contribution in [0.2, 0.25) is 0 Å². The first kappa shape index (κ1) is 23.6. The third-order valence-electron chi connectivity index (χ3n) is 5.32. The molecule has 34 heavy (non-hydrogen) atoms. The monoisotopic (exact) mass is 486 g/mol. The van der Waals surface area contributed by atoms with Crippen LogP contribution in [0.25, 0.3) is 11.0 Å². The fourth-order valence-corrected chi connectivity index (χ4v) is 5.11. The van der Waals surface area contributed by atoms with E-state index in [0.717, 1.165) is 15.8 Å². The summed E-state index contributed by atoms with van der Waals surface area (Å²) in [6.45, 7) is 7.00. The Kier molecular flexibility index (Phi) is 7.06. The highest BCUT2D eigenvalue weighted by atomic mass is 32.1. The third-order valence-corrected chi connectivity index (χ3v) is 6.45. The normalized spacial score (nSPS) is 12.9. The van der Waals surface area contributed by atoms with Crippen LogP contribution < -0.4 is 10.1 Å². The van der Waals surface area contributed by atoms with Crippen LogP contribution in [0, 0.1) is 0 Å². The molecule has 1 aliphatic heterocycles. The minimum absolute atomic E-state index is 0.0940. The zero-order chi connectivity index (χ0) is 24.2. The Morgan fingerprint density at radius 2 is 1.91 bits per heavy atom. The molecule has 0 aliphatic carbocycles. The Hall–Kier alpha value is -3.53. The van der Waals surface area contributed by atoms with Gasteiger partial charge in [-0.1, -0.05) is 12.1 Å². The molecule has 0 atom stereocenters. The molecule has 0 unspecified atom stereocenters. The van der Waals surface area contributed by atoms with Gasteiger partial charge < -0.3 is 28.8 Å². The van der Waals surface area contributed by atoms with Gasteiger partial charge in [-0.05, 0) is 44.9 Å². The summed E-state index contributed by atoms with van der Waals surface area (Å²) in [6, 6.07) is 7.06. The standard InChI is InChI=1S/C24H26N2O7S/c1-4-30-16-9-7-8-14-12-17(33-20(14)16)21(27)25-22-19(23(28)31-5-2)15-10-11-26(13-18(15)34-22)24(29)32-6-3/h7-9,12H,4-6,10-11,13H2,1-3H3,(H,25,27). The number of anilines is 1. The molecule has 0 saturated carbocycles. The molecule has 0 radical (unpaired) electrons. The summed E-state index contributed by atoms with van der Waals surface area (Å²) >= 11 is 1.25. The number of furan rings is 1. The van der Waals surface area contributed by atoms with Gasteiger partial charge in [0, 0.05) is 16.8 Å². The van der Waals surface area contributed by atoms with Gasteiger partial charge in [0.1, 0.15) is 5.00 Å². The van der Waals surface area contributed by atoms with Crippen molar-refractivity contribution in [3.8, 4) is 5.75 Å². The van der Waals surface area contributed by atoms with Crippen LogP contribution in [0.15, 0.2) is 28.7 Å². The first-order valence-electron chi connectivity index (χ1n) is 11.2. The van der Waals surface area contributed by atoms with E-state index in [4.69, 9.17) is 18.6 Å². The zero-order valence-electron chi connectivity index (χ0n) is 19.3. The van der Waals surface area contributed by atoms with Crippen molar-refractivity contribution in [1.82, 2.24) is 4.90 Å². The summed E-state index contributed by atoms with van der Waals surface area (Å²) in [7, 11) is 0. The summed E-state index contributed by atoms with van der Waals surface area (Å²) in [5, 5.41) is 3.91. The number of thiophene rings is 1. The SMILES string of the molecule is CCOC(=O)c1c(NC(=O)c2cc3cccc(OCC)c3o2)sc2c1CCN(C(=O)OCC)C2. The van der Waals surface area contributed by atoms with Gasteiger partial charge in [0.25, 0.3) is 5.91 Å². The molecule has 3 heterocycles. The van der Waals surface area contributed by atoms with E-state index in [9.17, 15) is 14.4 Å². The molecular weight excluding hydrogens is 460 g/mol. The van der Waals surface area contributed by atoms with Crippen molar-refractivity contribution in [1.29, 1.82) is 0 Å². The number of para-hydroxylation sites is 1. The van der Waals surface area contributed by atoms with Crippen LogP contribution in [0.1, 0.15) is 52.1 Å². The van der Waals surface area contributed by atoms with Gasteiger partial charge in [0.05, 0.1) is 31.9 Å². The number of benzene rings is 1. The Balaban J connectivity index is 1.64. The third kappa shape index (κ3) is 4.58. The smallest absolute Gasteiger partial charge is 0.410 e. The number of nitrogens with zero attached hydrogens (tertiary/aromatic N) is 1. The zero-order valence-corrected chi connectivity index (χ0v) is 20.1. The van der Waals surface area contributed by atoms with E-state index < -0.39 is 18.0 Å². The van der Waals surface area contributed by atoms with Gasteiger partial charge in [-0.3, -0.25) is 4.79 Å². The van der Waals surface area contributed by atoms with E-state index in [1.807, 2.05) is 19.1 Å². The van der Waals surface area contributed by atoms with Crippen LogP contribution in [-0.2, 0) is 22.4 Å². The van der Waals surface area contributed by atoms with Crippen LogP contribution in [0.4, 0.5) is 9.80 Å². The number of hydrogen-bond donors (Lipinski definition) is 1. The van der Waals surface area contributed by atoms with Crippen LogP contribution >= 0.6 is 11.3 Å². The second-order valence-corrected chi connectivity index (χ2v) is 8.58. The number of esters is 1. The quantitative estimate of drug-likeness (QED) is 0.476. The molecule has 1 N–H and O–H groups in total. The summed E-state index contributed by atoms with van der Waals surface area (Å²) in [4.78, 5) is 40.4. The summed E-state index contributed by atoms with van der Waals surface area (Å²) < 4.78 is 21.7. The average Bonchev–Trinajstić information content (AvgIpc) is 3.41. The number of carbonyl (C=O) groups excluding carboxylic acids is 3. The Bertz CT molecular complexity index is 1230. The van der Waals surface area contributed by atoms with E-state index >= 15 is 0 Å². The highest BCUT2D eigenvalue weighted by Gasteiger charge is 2.32. The first-order chi connectivity index (χ1) is 16.5. The molecule has 180 valence electrons. The minimum atomic E-state index is -0.511. The summed E-state index contributed by atoms with van der Waals surface area (Å²) in [6.07, 6.45) is 0.0500. The van der Waals surface area contributed by atoms with Gasteiger partial charge in [-0.25, -0.2) is 9.59 Å². The van der Waals surface area contributed by atoms with Crippen molar-refractivity contribution in [2.75, 3.05) is 31.7 Å². The van der Waals surface area contributed by atoms with Crippen LogP contribution in [-0.4, -0.2) is 49.2 Å². The molecule has 1 aromatic carbocycles. The van der Waals surface area contributed by atoms with Gasteiger partial charge in [0.2, 0.25) is 0 Å². The van der Waals surface area contributed by atoms with Crippen molar-refractivity contribution in [2.45, 2.75) is 33.7 Å². The van der Waals surface area contributed by atoms with E-state index in [2.05, 4.69) is 5.32 Å². The number of ether oxygens (including phenoxy) is 3. The fourth-order valence-electron chi connectivity index (χ4n) is 3.86. The molecule has 0 fully saturated rings. The average molecular weight is 487 g/mol. The molecular formula is C24H26N2O7S. The molecule has 4 rings (SSSR count). The maximum Gasteiger partial charge on any atom is 0.410 e. The molecule has 9 nitrogen and oxygen atoms in total. The number of fused-ring (bicyclic) bond motifs is 2. The van der Waals surface area contributed by atoms with Crippen molar-refractivity contribution in [3.63, 3.8) is 0 Å². The maximum atomic E-state index is 13.1. The lowest BCUT2D eigenvalue weighted by Crippen LogP contribution is -2.36. The highest BCUT2D eigenvalue weighted by Crippen LogP contribution is 2.38. The molecule has 10 heteroatoms. The molecule has 2 amide bonds. The number of hydrogen-bond acceptors (Lipinski definition) is 8. The minimum Gasteiger partial charge on any atom is -0.490 e. The number of carbonyl (C=O) groups is 3. The fraction of sp³-hybridized carbons (Fsp3) is 0.375. The van der Waals surface area contributed by atoms with Gasteiger partial charge in [0.15, 0.2) is 17.1 Å². The maximum absolute atomic E-state index is 13.1. The lowest BCUT2D eigenvalue weighted by molar-refractivity contribution is 0.0526. The molecule has 0 saturated heterocycles. The van der Waals surface area contributed by atoms with E-state index in [0.29, 0.717) is 48.0 Å². The molecule has 2 aromatic heterocycles. The highest BCUT2D eigenvalue weighted by molar-refractivity contribution is 7.17. The Morgan fingerprint density at radius 3 is 2.65 bits per heavy atom. The molecule has 3 aromatic rings. The second kappa shape index (κ2) is 10.2. The number of amides is 2. The van der Waals surface area contributed by atoms with Crippen LogP contribution in [0.5, 0.6) is 5.75 Å². The van der Waals surface area contributed by atoms with Gasteiger partial charge in [-0.2, -0.15) is 0 Å². The topological polar surface area (TPSA) is 107 Å². The number of nitrogens with one attached hydrogen (secondary N) is 1. The first-order valence-corrected chi connectivity index (χ1v) is 12.0.